The minimum absolute atomic E-state index is 0.155. The van der Waals surface area contributed by atoms with Crippen molar-refractivity contribution in [1.29, 1.82) is 0 Å². The molecule has 0 aliphatic heterocycles. The van der Waals surface area contributed by atoms with Gasteiger partial charge >= 0.3 is 0 Å². The molecule has 5 rings (SSSR count). The Labute approximate surface area is 164 Å². The first-order valence-electron chi connectivity index (χ1n) is 9.33. The van der Waals surface area contributed by atoms with Crippen LogP contribution in [0.15, 0.2) is 30.6 Å². The largest absolute Gasteiger partial charge is 0.390 e. The first-order chi connectivity index (χ1) is 13.9. The fourth-order valence-corrected chi connectivity index (χ4v) is 3.90. The van der Waals surface area contributed by atoms with Gasteiger partial charge in [0, 0.05) is 29.4 Å². The van der Waals surface area contributed by atoms with Gasteiger partial charge in [-0.25, -0.2) is 18.4 Å². The van der Waals surface area contributed by atoms with Crippen LogP contribution in [0.5, 0.6) is 0 Å². The minimum Gasteiger partial charge on any atom is -0.390 e. The van der Waals surface area contributed by atoms with Gasteiger partial charge in [0.2, 0.25) is 5.95 Å². The third-order valence-electron chi connectivity index (χ3n) is 5.27. The van der Waals surface area contributed by atoms with Gasteiger partial charge in [0.05, 0.1) is 11.1 Å². The van der Waals surface area contributed by atoms with Crippen LogP contribution in [-0.2, 0) is 6.54 Å². The van der Waals surface area contributed by atoms with Crippen molar-refractivity contribution in [1.82, 2.24) is 29.9 Å². The Morgan fingerprint density at radius 1 is 1.38 bits per heavy atom. The fraction of sp³-hybridized carbons (Fsp3) is 0.368. The van der Waals surface area contributed by atoms with Crippen LogP contribution < -0.4 is 5.32 Å². The van der Waals surface area contributed by atoms with Crippen molar-refractivity contribution >= 4 is 28.0 Å². The quantitative estimate of drug-likeness (QED) is 0.477. The zero-order valence-electron chi connectivity index (χ0n) is 15.6. The zero-order valence-corrected chi connectivity index (χ0v) is 15.6. The Balaban J connectivity index is 1.46. The maximum atomic E-state index is 12.8. The Kier molecular flexibility index (Phi) is 3.98. The van der Waals surface area contributed by atoms with Crippen LogP contribution in [0.4, 0.5) is 14.7 Å². The second kappa shape index (κ2) is 6.45. The smallest absolute Gasteiger partial charge is 0.258 e. The molecule has 29 heavy (non-hydrogen) atoms. The van der Waals surface area contributed by atoms with E-state index in [1.165, 1.54) is 4.68 Å². The van der Waals surface area contributed by atoms with Gasteiger partial charge in [-0.3, -0.25) is 0 Å². The Hall–Kier alpha value is -3.14. The molecule has 3 heterocycles. The van der Waals surface area contributed by atoms with E-state index in [1.54, 1.807) is 18.3 Å². The van der Waals surface area contributed by atoms with E-state index in [9.17, 15) is 13.9 Å². The average Bonchev–Trinajstić information content (AvgIpc) is 3.23. The molecule has 3 N–H and O–H groups in total. The van der Waals surface area contributed by atoms with Crippen LogP contribution in [-0.4, -0.2) is 53.1 Å². The van der Waals surface area contributed by atoms with Crippen molar-refractivity contribution in [3.63, 3.8) is 0 Å². The number of fused-ring (bicyclic) bond motifs is 2. The molecule has 3 aromatic heterocycles. The molecule has 1 aromatic carbocycles. The number of nitrogens with zero attached hydrogens (tertiary/aromatic N) is 5. The molecular weight excluding hydrogens is 380 g/mol. The second-order valence-corrected chi connectivity index (χ2v) is 7.77. The number of nitrogens with one attached hydrogen (secondary N) is 2. The highest BCUT2D eigenvalue weighted by atomic mass is 19.3. The molecule has 1 saturated carbocycles. The van der Waals surface area contributed by atoms with Gasteiger partial charge in [-0.05, 0) is 37.5 Å². The highest BCUT2D eigenvalue weighted by Crippen LogP contribution is 2.34. The summed E-state index contributed by atoms with van der Waals surface area (Å²) in [7, 11) is 0. The number of halogens is 2. The summed E-state index contributed by atoms with van der Waals surface area (Å²) >= 11 is 0. The van der Waals surface area contributed by atoms with Crippen molar-refractivity contribution in [2.24, 2.45) is 0 Å². The molecule has 0 amide bonds. The van der Waals surface area contributed by atoms with E-state index in [0.29, 0.717) is 35.5 Å². The Morgan fingerprint density at radius 3 is 2.97 bits per heavy atom. The van der Waals surface area contributed by atoms with E-state index in [0.717, 1.165) is 16.5 Å². The van der Waals surface area contributed by atoms with Crippen molar-refractivity contribution in [3.05, 3.63) is 30.6 Å². The molecule has 150 valence electrons. The summed E-state index contributed by atoms with van der Waals surface area (Å²) in [4.78, 5) is 12.0. The van der Waals surface area contributed by atoms with Gasteiger partial charge in [0.1, 0.15) is 17.7 Å². The van der Waals surface area contributed by atoms with E-state index in [2.05, 4.69) is 30.6 Å². The third-order valence-corrected chi connectivity index (χ3v) is 5.27. The third kappa shape index (κ3) is 3.29. The van der Waals surface area contributed by atoms with Crippen molar-refractivity contribution < 1.29 is 13.9 Å². The molecule has 0 spiro atoms. The number of hydrogen-bond donors (Lipinski definition) is 3. The van der Waals surface area contributed by atoms with Gasteiger partial charge in [0.15, 0.2) is 0 Å². The second-order valence-electron chi connectivity index (χ2n) is 7.77. The fourth-order valence-electron chi connectivity index (χ4n) is 3.90. The minimum atomic E-state index is -2.50. The van der Waals surface area contributed by atoms with E-state index < -0.39 is 18.6 Å². The number of aromatic nitrogens is 6. The summed E-state index contributed by atoms with van der Waals surface area (Å²) in [6, 6.07) is 5.58. The molecule has 1 aliphatic carbocycles. The van der Waals surface area contributed by atoms with Crippen LogP contribution >= 0.6 is 0 Å². The van der Waals surface area contributed by atoms with Crippen LogP contribution in [0.25, 0.3) is 33.2 Å². The molecule has 1 aliphatic rings. The summed E-state index contributed by atoms with van der Waals surface area (Å²) < 4.78 is 26.8. The number of rotatable bonds is 5. The summed E-state index contributed by atoms with van der Waals surface area (Å²) in [6.07, 6.45) is 2.36. The van der Waals surface area contributed by atoms with E-state index >= 15 is 0 Å². The summed E-state index contributed by atoms with van der Waals surface area (Å²) in [5.41, 5.74) is 2.86. The maximum Gasteiger partial charge on any atom is 0.258 e. The maximum absolute atomic E-state index is 12.8. The SMILES string of the molecule is CC1(O)CC(Nc2ncc3c(-c4ccc5nnn(CC(F)F)c5c4)c[nH]c3n2)C1. The van der Waals surface area contributed by atoms with Crippen LogP contribution in [0.2, 0.25) is 0 Å². The molecule has 0 unspecified atom stereocenters. The predicted octanol–water partition coefficient (Wildman–Crippen LogP) is 2.96. The lowest BCUT2D eigenvalue weighted by atomic mass is 9.77. The van der Waals surface area contributed by atoms with E-state index in [-0.39, 0.29) is 6.04 Å². The molecular formula is C19H19F2N7O. The summed E-state index contributed by atoms with van der Waals surface area (Å²) in [5.74, 6) is 0.501. The molecule has 10 heteroatoms. The summed E-state index contributed by atoms with van der Waals surface area (Å²) in [6.45, 7) is 1.31. The topological polar surface area (TPSA) is 105 Å². The number of H-pyrrole nitrogens is 1. The van der Waals surface area contributed by atoms with Crippen molar-refractivity contribution in [3.8, 4) is 11.1 Å². The average molecular weight is 399 g/mol. The lowest BCUT2D eigenvalue weighted by Gasteiger charge is -2.41. The number of anilines is 1. The number of aromatic amines is 1. The Morgan fingerprint density at radius 2 is 2.21 bits per heavy atom. The molecule has 0 saturated heterocycles. The van der Waals surface area contributed by atoms with E-state index in [4.69, 9.17) is 0 Å². The van der Waals surface area contributed by atoms with Crippen LogP contribution in [0, 0.1) is 0 Å². The van der Waals surface area contributed by atoms with Gasteiger partial charge in [-0.1, -0.05) is 11.3 Å². The number of aliphatic hydroxyl groups is 1. The van der Waals surface area contributed by atoms with Crippen molar-refractivity contribution in [2.45, 2.75) is 44.4 Å². The first kappa shape index (κ1) is 17.9. The molecule has 0 bridgehead atoms. The van der Waals surface area contributed by atoms with Crippen LogP contribution in [0.1, 0.15) is 19.8 Å². The molecule has 8 nitrogen and oxygen atoms in total. The van der Waals surface area contributed by atoms with Gasteiger partial charge < -0.3 is 15.4 Å². The van der Waals surface area contributed by atoms with Crippen LogP contribution in [0.3, 0.4) is 0 Å². The molecule has 4 aromatic rings. The van der Waals surface area contributed by atoms with Gasteiger partial charge in [-0.2, -0.15) is 4.98 Å². The summed E-state index contributed by atoms with van der Waals surface area (Å²) in [5, 5.41) is 21.7. The predicted molar refractivity (Wildman–Crippen MR) is 104 cm³/mol. The monoisotopic (exact) mass is 399 g/mol. The molecule has 1 fully saturated rings. The van der Waals surface area contributed by atoms with Crippen molar-refractivity contribution in [2.75, 3.05) is 5.32 Å². The van der Waals surface area contributed by atoms with E-state index in [1.807, 2.05) is 19.2 Å². The normalized spacial score (nSPS) is 21.8. The van der Waals surface area contributed by atoms with Gasteiger partial charge in [-0.15, -0.1) is 5.10 Å². The molecule has 0 atom stereocenters. The lowest BCUT2D eigenvalue weighted by molar-refractivity contribution is -0.0235. The number of hydrogen-bond acceptors (Lipinski definition) is 6. The van der Waals surface area contributed by atoms with Gasteiger partial charge in [0.25, 0.3) is 6.43 Å². The number of benzene rings is 1. The Bertz CT molecular complexity index is 1190. The highest BCUT2D eigenvalue weighted by Gasteiger charge is 2.38. The number of alkyl halides is 2. The first-order valence-corrected chi connectivity index (χ1v) is 9.33. The molecule has 0 radical (unpaired) electrons. The lowest BCUT2D eigenvalue weighted by Crippen LogP contribution is -2.48. The standard InChI is InChI=1S/C19H19F2N7O/c1-19(29)5-11(6-19)24-18-23-8-13-12(7-22-17(13)25-18)10-2-3-14-15(4-10)28(27-26-14)9-16(20)21/h2-4,7-8,11,16,29H,5-6,9H2,1H3,(H2,22,23,24,25). The highest BCUT2D eigenvalue weighted by molar-refractivity contribution is 5.95. The zero-order chi connectivity index (χ0) is 20.2.